The van der Waals surface area contributed by atoms with Crippen LogP contribution < -0.4 is 0 Å². The molecule has 13 heavy (non-hydrogen) atoms. The molecule has 0 saturated carbocycles. The van der Waals surface area contributed by atoms with Crippen LogP contribution >= 0.6 is 0 Å². The zero-order valence-corrected chi connectivity index (χ0v) is 8.71. The van der Waals surface area contributed by atoms with Crippen molar-refractivity contribution in [2.24, 2.45) is 0 Å². The Morgan fingerprint density at radius 2 is 1.85 bits per heavy atom. The Morgan fingerprint density at radius 1 is 1.23 bits per heavy atom. The van der Waals surface area contributed by atoms with Crippen LogP contribution in [-0.2, 0) is 4.74 Å². The van der Waals surface area contributed by atoms with Crippen molar-refractivity contribution in [1.82, 2.24) is 0 Å². The summed E-state index contributed by atoms with van der Waals surface area (Å²) in [6, 6.07) is 8.58. The number of methoxy groups -OCH3 is 1. The summed E-state index contributed by atoms with van der Waals surface area (Å²) in [5.74, 6) is 0. The highest BCUT2D eigenvalue weighted by Crippen LogP contribution is 2.21. The van der Waals surface area contributed by atoms with Gasteiger partial charge in [-0.15, -0.1) is 0 Å². The van der Waals surface area contributed by atoms with E-state index in [-0.39, 0.29) is 6.10 Å². The Labute approximate surface area is 80.7 Å². The number of aryl methyl sites for hydroxylation is 1. The van der Waals surface area contributed by atoms with Crippen LogP contribution in [0.25, 0.3) is 0 Å². The standard InChI is InChI=1S/C12H18O/c1-4-5-12(13-3)11-8-6-10(2)7-9-11/h6-9,12H,4-5H2,1-3H3. The first-order valence-electron chi connectivity index (χ1n) is 4.87. The third kappa shape index (κ3) is 2.85. The summed E-state index contributed by atoms with van der Waals surface area (Å²) in [7, 11) is 1.78. The summed E-state index contributed by atoms with van der Waals surface area (Å²) in [5.41, 5.74) is 2.59. The lowest BCUT2D eigenvalue weighted by Crippen LogP contribution is -2.00. The zero-order chi connectivity index (χ0) is 9.68. The molecule has 1 heteroatoms. The molecule has 0 heterocycles. The first-order valence-corrected chi connectivity index (χ1v) is 4.87. The van der Waals surface area contributed by atoms with Gasteiger partial charge in [0.15, 0.2) is 0 Å². The van der Waals surface area contributed by atoms with Crippen molar-refractivity contribution < 1.29 is 4.74 Å². The van der Waals surface area contributed by atoms with Gasteiger partial charge >= 0.3 is 0 Å². The highest BCUT2D eigenvalue weighted by atomic mass is 16.5. The Hall–Kier alpha value is -0.820. The molecule has 72 valence electrons. The lowest BCUT2D eigenvalue weighted by atomic mass is 10.0. The van der Waals surface area contributed by atoms with Crippen molar-refractivity contribution >= 4 is 0 Å². The molecule has 1 aromatic carbocycles. The van der Waals surface area contributed by atoms with Gasteiger partial charge in [-0.25, -0.2) is 0 Å². The fourth-order valence-electron chi connectivity index (χ4n) is 1.46. The Balaban J connectivity index is 2.73. The predicted octanol–water partition coefficient (Wildman–Crippen LogP) is 3.48. The molecule has 0 amide bonds. The summed E-state index contributed by atoms with van der Waals surface area (Å²) in [5, 5.41) is 0. The Kier molecular flexibility index (Phi) is 3.97. The van der Waals surface area contributed by atoms with Crippen LogP contribution in [0.1, 0.15) is 37.0 Å². The van der Waals surface area contributed by atoms with Crippen molar-refractivity contribution in [3.05, 3.63) is 35.4 Å². The molecule has 0 radical (unpaired) electrons. The van der Waals surface area contributed by atoms with E-state index in [0.29, 0.717) is 0 Å². The van der Waals surface area contributed by atoms with E-state index in [2.05, 4.69) is 38.1 Å². The highest BCUT2D eigenvalue weighted by Gasteiger charge is 2.07. The third-order valence-corrected chi connectivity index (χ3v) is 2.28. The topological polar surface area (TPSA) is 9.23 Å². The normalized spacial score (nSPS) is 12.8. The maximum Gasteiger partial charge on any atom is 0.0821 e. The number of rotatable bonds is 4. The molecule has 0 N–H and O–H groups in total. The van der Waals surface area contributed by atoms with Crippen molar-refractivity contribution in [2.75, 3.05) is 7.11 Å². The van der Waals surface area contributed by atoms with E-state index >= 15 is 0 Å². The summed E-state index contributed by atoms with van der Waals surface area (Å²) < 4.78 is 5.42. The first-order chi connectivity index (χ1) is 6.27. The molecule has 1 nitrogen and oxygen atoms in total. The average Bonchev–Trinajstić information content (AvgIpc) is 2.16. The van der Waals surface area contributed by atoms with E-state index in [1.807, 2.05) is 0 Å². The SMILES string of the molecule is CCCC(OC)c1ccc(C)cc1. The minimum Gasteiger partial charge on any atom is -0.377 e. The van der Waals surface area contributed by atoms with Gasteiger partial charge in [-0.2, -0.15) is 0 Å². The molecule has 0 aliphatic rings. The minimum atomic E-state index is 0.269. The molecule has 0 saturated heterocycles. The van der Waals surface area contributed by atoms with Crippen molar-refractivity contribution in [1.29, 1.82) is 0 Å². The van der Waals surface area contributed by atoms with Gasteiger partial charge in [0.2, 0.25) is 0 Å². The second kappa shape index (κ2) is 5.03. The van der Waals surface area contributed by atoms with Gasteiger partial charge in [0.25, 0.3) is 0 Å². The van der Waals surface area contributed by atoms with Gasteiger partial charge in [-0.05, 0) is 18.9 Å². The van der Waals surface area contributed by atoms with Crippen LogP contribution in [0.2, 0.25) is 0 Å². The van der Waals surface area contributed by atoms with Gasteiger partial charge < -0.3 is 4.74 Å². The van der Waals surface area contributed by atoms with E-state index in [1.165, 1.54) is 11.1 Å². The minimum absolute atomic E-state index is 0.269. The quantitative estimate of drug-likeness (QED) is 0.685. The molecule has 0 aromatic heterocycles. The second-order valence-electron chi connectivity index (χ2n) is 3.42. The van der Waals surface area contributed by atoms with Crippen LogP contribution in [-0.4, -0.2) is 7.11 Å². The monoisotopic (exact) mass is 178 g/mol. The summed E-state index contributed by atoms with van der Waals surface area (Å²) in [4.78, 5) is 0. The van der Waals surface area contributed by atoms with Crippen LogP contribution in [0.3, 0.4) is 0 Å². The van der Waals surface area contributed by atoms with Gasteiger partial charge in [-0.1, -0.05) is 43.2 Å². The Bertz CT molecular complexity index is 238. The molecule has 0 spiro atoms. The molecular formula is C12H18O. The lowest BCUT2D eigenvalue weighted by Gasteiger charge is -2.14. The molecule has 1 atom stereocenters. The van der Waals surface area contributed by atoms with Gasteiger partial charge in [-0.3, -0.25) is 0 Å². The Morgan fingerprint density at radius 3 is 2.31 bits per heavy atom. The molecular weight excluding hydrogens is 160 g/mol. The fourth-order valence-corrected chi connectivity index (χ4v) is 1.46. The molecule has 1 aromatic rings. The van der Waals surface area contributed by atoms with E-state index in [1.54, 1.807) is 7.11 Å². The third-order valence-electron chi connectivity index (χ3n) is 2.28. The van der Waals surface area contributed by atoms with E-state index < -0.39 is 0 Å². The largest absolute Gasteiger partial charge is 0.377 e. The van der Waals surface area contributed by atoms with Crippen LogP contribution in [0, 0.1) is 6.92 Å². The van der Waals surface area contributed by atoms with E-state index in [4.69, 9.17) is 4.74 Å². The summed E-state index contributed by atoms with van der Waals surface area (Å²) in [6.45, 7) is 4.28. The van der Waals surface area contributed by atoms with Crippen LogP contribution in [0.15, 0.2) is 24.3 Å². The van der Waals surface area contributed by atoms with Crippen molar-refractivity contribution in [2.45, 2.75) is 32.8 Å². The van der Waals surface area contributed by atoms with Crippen molar-refractivity contribution in [3.8, 4) is 0 Å². The second-order valence-corrected chi connectivity index (χ2v) is 3.42. The van der Waals surface area contributed by atoms with Gasteiger partial charge in [0.05, 0.1) is 6.10 Å². The van der Waals surface area contributed by atoms with Crippen LogP contribution in [0.5, 0.6) is 0 Å². The van der Waals surface area contributed by atoms with E-state index in [9.17, 15) is 0 Å². The highest BCUT2D eigenvalue weighted by molar-refractivity contribution is 5.23. The average molecular weight is 178 g/mol. The lowest BCUT2D eigenvalue weighted by molar-refractivity contribution is 0.0950. The van der Waals surface area contributed by atoms with Crippen molar-refractivity contribution in [3.63, 3.8) is 0 Å². The zero-order valence-electron chi connectivity index (χ0n) is 8.71. The molecule has 0 bridgehead atoms. The van der Waals surface area contributed by atoms with Gasteiger partial charge in [0, 0.05) is 7.11 Å². The van der Waals surface area contributed by atoms with Gasteiger partial charge in [0.1, 0.15) is 0 Å². The number of hydrogen-bond acceptors (Lipinski definition) is 1. The first kappa shape index (κ1) is 10.3. The smallest absolute Gasteiger partial charge is 0.0821 e. The fraction of sp³-hybridized carbons (Fsp3) is 0.500. The van der Waals surface area contributed by atoms with E-state index in [0.717, 1.165) is 12.8 Å². The number of hydrogen-bond donors (Lipinski definition) is 0. The molecule has 0 aliphatic heterocycles. The summed E-state index contributed by atoms with van der Waals surface area (Å²) in [6.07, 6.45) is 2.52. The maximum atomic E-state index is 5.42. The number of benzene rings is 1. The predicted molar refractivity (Wildman–Crippen MR) is 55.8 cm³/mol. The number of ether oxygens (including phenoxy) is 1. The maximum absolute atomic E-state index is 5.42. The molecule has 0 fully saturated rings. The summed E-state index contributed by atoms with van der Waals surface area (Å²) >= 11 is 0. The van der Waals surface area contributed by atoms with Crippen LogP contribution in [0.4, 0.5) is 0 Å². The molecule has 1 unspecified atom stereocenters. The molecule has 1 rings (SSSR count). The molecule has 0 aliphatic carbocycles.